The molecule has 0 bridgehead atoms. The Morgan fingerprint density at radius 2 is 2.12 bits per heavy atom. The van der Waals surface area contributed by atoms with Crippen LogP contribution in [0.1, 0.15) is 11.1 Å². The second-order valence-corrected chi connectivity index (χ2v) is 4.02. The molecular weight excluding hydrogens is 255 g/mol. The molecule has 0 fully saturated rings. The van der Waals surface area contributed by atoms with Gasteiger partial charge in [-0.1, -0.05) is 0 Å². The van der Waals surface area contributed by atoms with Gasteiger partial charge in [-0.05, 0) is 18.2 Å². The third kappa shape index (κ3) is 3.67. The number of nitriles is 1. The van der Waals surface area contributed by atoms with Crippen LogP contribution < -0.4 is 0 Å². The number of thioether (sulfide) groups is 1. The molecule has 0 radical (unpaired) electrons. The molecule has 0 aliphatic carbocycles. The fourth-order valence-electron chi connectivity index (χ4n) is 1.06. The van der Waals surface area contributed by atoms with E-state index in [-0.39, 0.29) is 16.2 Å². The topological polar surface area (TPSA) is 61.1 Å². The van der Waals surface area contributed by atoms with Crippen molar-refractivity contribution in [1.82, 2.24) is 0 Å². The molecule has 0 atom stereocenters. The van der Waals surface area contributed by atoms with Crippen molar-refractivity contribution in [2.45, 2.75) is 11.1 Å². The molecule has 0 saturated carbocycles. The van der Waals surface area contributed by atoms with Crippen LogP contribution in [0.4, 0.5) is 13.2 Å². The summed E-state index contributed by atoms with van der Waals surface area (Å²) in [4.78, 5) is 10.5. The van der Waals surface area contributed by atoms with Crippen molar-refractivity contribution in [3.8, 4) is 6.07 Å². The van der Waals surface area contributed by atoms with E-state index in [0.717, 1.165) is 23.9 Å². The molecule has 17 heavy (non-hydrogen) atoms. The van der Waals surface area contributed by atoms with Crippen LogP contribution in [-0.4, -0.2) is 16.8 Å². The molecule has 7 heteroatoms. The van der Waals surface area contributed by atoms with E-state index < -0.39 is 17.7 Å². The highest BCUT2D eigenvalue weighted by Crippen LogP contribution is 2.32. The molecular formula is C10H6F3NO2S. The third-order valence-corrected chi connectivity index (χ3v) is 2.84. The van der Waals surface area contributed by atoms with Gasteiger partial charge in [-0.2, -0.15) is 18.4 Å². The number of nitrogens with zero attached hydrogens (tertiary/aromatic N) is 1. The Morgan fingerprint density at radius 3 is 2.59 bits per heavy atom. The summed E-state index contributed by atoms with van der Waals surface area (Å²) in [6, 6.07) is 4.26. The molecule has 0 saturated heterocycles. The molecule has 0 aliphatic rings. The lowest BCUT2D eigenvalue weighted by molar-refractivity contribution is -0.137. The summed E-state index contributed by atoms with van der Waals surface area (Å²) in [7, 11) is 0. The van der Waals surface area contributed by atoms with Gasteiger partial charge in [-0.15, -0.1) is 11.8 Å². The normalized spacial score (nSPS) is 10.9. The van der Waals surface area contributed by atoms with Gasteiger partial charge in [0.1, 0.15) is 6.07 Å². The molecule has 1 N–H and O–H groups in total. The van der Waals surface area contributed by atoms with Crippen molar-refractivity contribution < 1.29 is 23.1 Å². The largest absolute Gasteiger partial charge is 0.481 e. The van der Waals surface area contributed by atoms with Gasteiger partial charge in [0.15, 0.2) is 0 Å². The van der Waals surface area contributed by atoms with Crippen molar-refractivity contribution in [2.24, 2.45) is 0 Å². The molecule has 1 rings (SSSR count). The van der Waals surface area contributed by atoms with E-state index in [0.29, 0.717) is 6.07 Å². The predicted molar refractivity (Wildman–Crippen MR) is 54.5 cm³/mol. The minimum Gasteiger partial charge on any atom is -0.481 e. The maximum absolute atomic E-state index is 12.3. The Morgan fingerprint density at radius 1 is 1.47 bits per heavy atom. The first kappa shape index (κ1) is 13.4. The van der Waals surface area contributed by atoms with Crippen molar-refractivity contribution in [2.75, 3.05) is 5.75 Å². The summed E-state index contributed by atoms with van der Waals surface area (Å²) in [6.45, 7) is 0. The lowest BCUT2D eigenvalue weighted by atomic mass is 10.1. The minimum absolute atomic E-state index is 0.175. The highest BCUT2D eigenvalue weighted by atomic mass is 32.2. The summed E-state index contributed by atoms with van der Waals surface area (Å²) in [5, 5.41) is 17.1. The summed E-state index contributed by atoms with van der Waals surface area (Å²) >= 11 is 0.810. The zero-order valence-electron chi connectivity index (χ0n) is 8.28. The molecule has 0 heterocycles. The molecule has 3 nitrogen and oxygen atoms in total. The molecule has 0 spiro atoms. The number of rotatable bonds is 3. The summed E-state index contributed by atoms with van der Waals surface area (Å²) < 4.78 is 37.0. The molecule has 0 unspecified atom stereocenters. The van der Waals surface area contributed by atoms with Crippen LogP contribution in [0.5, 0.6) is 0 Å². The van der Waals surface area contributed by atoms with E-state index in [9.17, 15) is 18.0 Å². The summed E-state index contributed by atoms with van der Waals surface area (Å²) in [5.41, 5.74) is -1.10. The predicted octanol–water partition coefficient (Wildman–Crippen LogP) is 2.75. The average molecular weight is 261 g/mol. The average Bonchev–Trinajstić information content (AvgIpc) is 2.24. The number of alkyl halides is 3. The van der Waals surface area contributed by atoms with Gasteiger partial charge in [-0.3, -0.25) is 4.79 Å². The zero-order valence-corrected chi connectivity index (χ0v) is 9.10. The Hall–Kier alpha value is -1.68. The van der Waals surface area contributed by atoms with Crippen molar-refractivity contribution >= 4 is 17.7 Å². The van der Waals surface area contributed by atoms with E-state index >= 15 is 0 Å². The number of carboxylic acids is 1. The number of aliphatic carboxylic acids is 1. The maximum atomic E-state index is 12.3. The van der Waals surface area contributed by atoms with Crippen LogP contribution in [0.3, 0.4) is 0 Å². The monoisotopic (exact) mass is 261 g/mol. The van der Waals surface area contributed by atoms with Crippen molar-refractivity contribution in [1.29, 1.82) is 5.26 Å². The number of hydrogen-bond donors (Lipinski definition) is 1. The van der Waals surface area contributed by atoms with E-state index in [2.05, 4.69) is 0 Å². The fraction of sp³-hybridized carbons (Fsp3) is 0.200. The molecule has 1 aromatic carbocycles. The fourth-order valence-corrected chi connectivity index (χ4v) is 1.76. The second kappa shape index (κ2) is 5.10. The zero-order chi connectivity index (χ0) is 13.1. The quantitative estimate of drug-likeness (QED) is 0.850. The lowest BCUT2D eigenvalue weighted by Gasteiger charge is -2.08. The first-order valence-electron chi connectivity index (χ1n) is 4.30. The Balaban J connectivity index is 3.03. The second-order valence-electron chi connectivity index (χ2n) is 3.00. The van der Waals surface area contributed by atoms with Crippen molar-refractivity contribution in [3.05, 3.63) is 29.3 Å². The maximum Gasteiger partial charge on any atom is 0.416 e. The van der Waals surface area contributed by atoms with Gasteiger partial charge in [0.05, 0.1) is 16.9 Å². The van der Waals surface area contributed by atoms with Crippen LogP contribution in [-0.2, 0) is 11.0 Å². The van der Waals surface area contributed by atoms with Crippen LogP contribution in [0.25, 0.3) is 0 Å². The highest BCUT2D eigenvalue weighted by Gasteiger charge is 2.31. The van der Waals surface area contributed by atoms with Gasteiger partial charge < -0.3 is 5.11 Å². The SMILES string of the molecule is N#Cc1cc(C(F)(F)F)ccc1SCC(=O)O. The van der Waals surface area contributed by atoms with E-state index in [1.807, 2.05) is 0 Å². The lowest BCUT2D eigenvalue weighted by Crippen LogP contribution is -2.05. The summed E-state index contributed by atoms with van der Waals surface area (Å²) in [5.74, 6) is -1.40. The van der Waals surface area contributed by atoms with Gasteiger partial charge in [0, 0.05) is 4.90 Å². The van der Waals surface area contributed by atoms with Crippen LogP contribution in [0.15, 0.2) is 23.1 Å². The molecule has 90 valence electrons. The molecule has 0 aliphatic heterocycles. The highest BCUT2D eigenvalue weighted by molar-refractivity contribution is 8.00. The Bertz CT molecular complexity index is 479. The Labute approximate surface area is 98.9 Å². The van der Waals surface area contributed by atoms with E-state index in [1.165, 1.54) is 0 Å². The number of benzene rings is 1. The van der Waals surface area contributed by atoms with Crippen LogP contribution in [0.2, 0.25) is 0 Å². The van der Waals surface area contributed by atoms with Gasteiger partial charge >= 0.3 is 12.1 Å². The van der Waals surface area contributed by atoms with Gasteiger partial charge in [-0.25, -0.2) is 0 Å². The standard InChI is InChI=1S/C10H6F3NO2S/c11-10(12,13)7-1-2-8(6(3-7)4-14)17-5-9(15)16/h1-3H,5H2,(H,15,16). The number of carboxylic acid groups (broad SMARTS) is 1. The third-order valence-electron chi connectivity index (χ3n) is 1.78. The van der Waals surface area contributed by atoms with Crippen molar-refractivity contribution in [3.63, 3.8) is 0 Å². The Kier molecular flexibility index (Phi) is 4.02. The summed E-state index contributed by atoms with van der Waals surface area (Å²) in [6.07, 6.45) is -4.51. The first-order chi connectivity index (χ1) is 7.84. The smallest absolute Gasteiger partial charge is 0.416 e. The first-order valence-corrected chi connectivity index (χ1v) is 5.29. The molecule has 0 amide bonds. The van der Waals surface area contributed by atoms with Gasteiger partial charge in [0.2, 0.25) is 0 Å². The van der Waals surface area contributed by atoms with Gasteiger partial charge in [0.25, 0.3) is 0 Å². The minimum atomic E-state index is -4.51. The van der Waals surface area contributed by atoms with Crippen LogP contribution in [0, 0.1) is 11.3 Å². The van der Waals surface area contributed by atoms with Crippen LogP contribution >= 0.6 is 11.8 Å². The molecule has 1 aromatic rings. The van der Waals surface area contributed by atoms with E-state index in [4.69, 9.17) is 10.4 Å². The number of carbonyl (C=O) groups is 1. The number of hydrogen-bond acceptors (Lipinski definition) is 3. The number of halogens is 3. The molecule has 0 aromatic heterocycles. The van der Waals surface area contributed by atoms with E-state index in [1.54, 1.807) is 6.07 Å².